The van der Waals surface area contributed by atoms with Gasteiger partial charge in [0.05, 0.1) is 18.4 Å². The zero-order chi connectivity index (χ0) is 33.3. The lowest BCUT2D eigenvalue weighted by Gasteiger charge is -2.43. The molecule has 0 aliphatic carbocycles. The van der Waals surface area contributed by atoms with Gasteiger partial charge in [-0.15, -0.1) is 11.5 Å². The molecular weight excluding hydrogens is 626 g/mol. The number of hydrogen-bond acceptors (Lipinski definition) is 8. The van der Waals surface area contributed by atoms with Gasteiger partial charge in [-0.1, -0.05) is 29.7 Å². The molecule has 4 aromatic rings. The molecule has 3 aliphatic heterocycles. The van der Waals surface area contributed by atoms with E-state index in [0.717, 1.165) is 87.5 Å². The highest BCUT2D eigenvalue weighted by atomic mass is 35.5. The number of halogens is 1. The second-order valence-corrected chi connectivity index (χ2v) is 13.7. The van der Waals surface area contributed by atoms with E-state index in [4.69, 9.17) is 27.7 Å². The number of hydrogen-bond donors (Lipinski definition) is 2. The van der Waals surface area contributed by atoms with Gasteiger partial charge in [0.1, 0.15) is 6.10 Å². The number of aliphatic hydroxyl groups is 1. The number of terminal acetylenes is 1. The van der Waals surface area contributed by atoms with Gasteiger partial charge in [0, 0.05) is 73.2 Å². The van der Waals surface area contributed by atoms with Gasteiger partial charge >= 0.3 is 0 Å². The molecule has 7 rings (SSSR count). The average Bonchev–Trinajstić information content (AvgIpc) is 3.54. The van der Waals surface area contributed by atoms with Crippen LogP contribution >= 0.6 is 11.6 Å². The van der Waals surface area contributed by atoms with E-state index in [1.807, 2.05) is 65.7 Å². The first kappa shape index (κ1) is 32.4. The highest BCUT2D eigenvalue weighted by molar-refractivity contribution is 6.30. The number of anilines is 3. The molecule has 1 amide bonds. The van der Waals surface area contributed by atoms with Crippen molar-refractivity contribution in [2.75, 3.05) is 56.1 Å². The third kappa shape index (κ3) is 6.61. The third-order valence-corrected chi connectivity index (χ3v) is 10.5. The van der Waals surface area contributed by atoms with Crippen molar-refractivity contribution in [1.82, 2.24) is 24.4 Å². The third-order valence-electron chi connectivity index (χ3n) is 10.3. The van der Waals surface area contributed by atoms with Crippen molar-refractivity contribution in [1.29, 1.82) is 0 Å². The number of carbonyl (C=O) groups is 1. The number of rotatable bonds is 7. The van der Waals surface area contributed by atoms with Gasteiger partial charge in [-0.3, -0.25) is 9.69 Å². The maximum Gasteiger partial charge on any atom is 0.253 e. The largest absolute Gasteiger partial charge is 0.395 e. The molecule has 0 bridgehead atoms. The fourth-order valence-corrected chi connectivity index (χ4v) is 7.65. The lowest BCUT2D eigenvalue weighted by Crippen LogP contribution is -2.54. The second-order valence-electron chi connectivity index (χ2n) is 13.3. The van der Waals surface area contributed by atoms with E-state index in [9.17, 15) is 9.90 Å². The normalized spacial score (nSPS) is 22.0. The Morgan fingerprint density at radius 3 is 2.48 bits per heavy atom. The van der Waals surface area contributed by atoms with E-state index >= 15 is 0 Å². The number of ether oxygens (including phenoxy) is 1. The summed E-state index contributed by atoms with van der Waals surface area (Å²) in [6.07, 6.45) is 11.0. The molecule has 250 valence electrons. The molecule has 0 radical (unpaired) electrons. The Labute approximate surface area is 286 Å². The van der Waals surface area contributed by atoms with E-state index in [2.05, 4.69) is 39.1 Å². The Morgan fingerprint density at radius 2 is 1.79 bits per heavy atom. The number of fused-ring (bicyclic) bond motifs is 1. The smallest absolute Gasteiger partial charge is 0.253 e. The fraction of sp³-hybridized carbons (Fsp3) is 0.432. The minimum absolute atomic E-state index is 0.0511. The molecule has 3 aliphatic rings. The van der Waals surface area contributed by atoms with Gasteiger partial charge in [0.2, 0.25) is 5.95 Å². The standard InChI is InChI=1S/C37H42ClN7O3/c1-3-32-24-44(23-26(2)48-32)31-14-19-43(20-15-31)35(47)27-6-12-30(13-7-27)39-36-40-34-33(5-4-18-45(34)41-36)42-21-16-37(25-46,17-22-42)28-8-10-29(38)11-9-28/h1,4-13,18,26,31-32,46H,14-17,19-25H2,2H3,(H,39,41). The van der Waals surface area contributed by atoms with E-state index < -0.39 is 0 Å². The quantitative estimate of drug-likeness (QED) is 0.266. The van der Waals surface area contributed by atoms with Crippen LogP contribution in [0.4, 0.5) is 17.3 Å². The molecule has 2 aromatic carbocycles. The second kappa shape index (κ2) is 13.8. The number of benzene rings is 2. The number of pyridine rings is 1. The molecule has 3 fully saturated rings. The predicted octanol–water partition coefficient (Wildman–Crippen LogP) is 4.98. The van der Waals surface area contributed by atoms with E-state index in [-0.39, 0.29) is 30.1 Å². The number of piperidine rings is 2. The van der Waals surface area contributed by atoms with E-state index in [0.29, 0.717) is 22.6 Å². The van der Waals surface area contributed by atoms with Gasteiger partial charge in [-0.05, 0) is 86.7 Å². The van der Waals surface area contributed by atoms with Crippen LogP contribution in [0.15, 0.2) is 66.9 Å². The summed E-state index contributed by atoms with van der Waals surface area (Å²) in [5.41, 5.74) is 4.07. The summed E-state index contributed by atoms with van der Waals surface area (Å²) in [5.74, 6) is 3.28. The van der Waals surface area contributed by atoms with Crippen molar-refractivity contribution in [2.24, 2.45) is 0 Å². The highest BCUT2D eigenvalue weighted by Crippen LogP contribution is 2.38. The zero-order valence-corrected chi connectivity index (χ0v) is 28.0. The molecule has 2 aromatic heterocycles. The number of morpholine rings is 1. The maximum atomic E-state index is 13.4. The van der Waals surface area contributed by atoms with Gasteiger partial charge in [-0.25, -0.2) is 4.52 Å². The van der Waals surface area contributed by atoms with Crippen molar-refractivity contribution >= 4 is 40.5 Å². The van der Waals surface area contributed by atoms with Crippen LogP contribution in [0.3, 0.4) is 0 Å². The summed E-state index contributed by atoms with van der Waals surface area (Å²) in [7, 11) is 0. The van der Waals surface area contributed by atoms with Crippen molar-refractivity contribution in [3.63, 3.8) is 0 Å². The maximum absolute atomic E-state index is 13.4. The number of nitrogens with one attached hydrogen (secondary N) is 1. The molecule has 2 atom stereocenters. The number of nitrogens with zero attached hydrogens (tertiary/aromatic N) is 6. The molecule has 3 saturated heterocycles. The van der Waals surface area contributed by atoms with Gasteiger partial charge in [-0.2, -0.15) is 4.98 Å². The minimum Gasteiger partial charge on any atom is -0.395 e. The SMILES string of the molecule is C#CC1CN(C2CCN(C(=O)c3ccc(Nc4nc5c(N6CCC(CO)(c7ccc(Cl)cc7)CC6)cccn5n4)cc3)CC2)CC(C)O1. The Hall–Kier alpha value is -4.14. The summed E-state index contributed by atoms with van der Waals surface area (Å²) in [4.78, 5) is 24.9. The van der Waals surface area contributed by atoms with Crippen LogP contribution in [0.1, 0.15) is 48.5 Å². The monoisotopic (exact) mass is 667 g/mol. The van der Waals surface area contributed by atoms with Gasteiger partial charge in [0.15, 0.2) is 5.65 Å². The summed E-state index contributed by atoms with van der Waals surface area (Å²) >= 11 is 6.12. The Balaban J connectivity index is 0.967. The highest BCUT2D eigenvalue weighted by Gasteiger charge is 2.37. The van der Waals surface area contributed by atoms with Gasteiger partial charge in [0.25, 0.3) is 5.91 Å². The van der Waals surface area contributed by atoms with E-state index in [1.54, 1.807) is 4.52 Å². The molecule has 11 heteroatoms. The molecule has 48 heavy (non-hydrogen) atoms. The molecule has 0 saturated carbocycles. The number of aromatic nitrogens is 3. The van der Waals surface area contributed by atoms with Crippen molar-refractivity contribution in [3.8, 4) is 12.3 Å². The minimum atomic E-state index is -0.287. The Morgan fingerprint density at radius 1 is 1.06 bits per heavy atom. The molecule has 2 N–H and O–H groups in total. The fourth-order valence-electron chi connectivity index (χ4n) is 7.53. The lowest BCUT2D eigenvalue weighted by molar-refractivity contribution is -0.0703. The van der Waals surface area contributed by atoms with Crippen LogP contribution in [-0.2, 0) is 10.2 Å². The summed E-state index contributed by atoms with van der Waals surface area (Å²) < 4.78 is 7.61. The van der Waals surface area contributed by atoms with Crippen molar-refractivity contribution < 1.29 is 14.6 Å². The molecular formula is C37H42ClN7O3. The van der Waals surface area contributed by atoms with Crippen LogP contribution < -0.4 is 10.2 Å². The predicted molar refractivity (Wildman–Crippen MR) is 188 cm³/mol. The molecule has 2 unspecified atom stereocenters. The van der Waals surface area contributed by atoms with E-state index in [1.165, 1.54) is 0 Å². The van der Waals surface area contributed by atoms with Crippen LogP contribution in [-0.4, -0.2) is 99.5 Å². The van der Waals surface area contributed by atoms with Gasteiger partial charge < -0.3 is 25.0 Å². The number of likely N-dealkylation sites (tertiary alicyclic amines) is 1. The van der Waals surface area contributed by atoms with Crippen LogP contribution in [0.5, 0.6) is 0 Å². The number of aliphatic hydroxyl groups excluding tert-OH is 1. The molecule has 10 nitrogen and oxygen atoms in total. The first-order valence-corrected chi connectivity index (χ1v) is 17.2. The van der Waals surface area contributed by atoms with Crippen molar-refractivity contribution in [2.45, 2.75) is 56.3 Å². The topological polar surface area (TPSA) is 98.5 Å². The first-order valence-electron chi connectivity index (χ1n) is 16.8. The summed E-state index contributed by atoms with van der Waals surface area (Å²) in [6.45, 7) is 6.81. The zero-order valence-electron chi connectivity index (χ0n) is 27.3. The number of amides is 1. The first-order chi connectivity index (χ1) is 23.3. The van der Waals surface area contributed by atoms with Crippen LogP contribution in [0, 0.1) is 12.3 Å². The van der Waals surface area contributed by atoms with Crippen LogP contribution in [0.2, 0.25) is 5.02 Å². The van der Waals surface area contributed by atoms with Crippen LogP contribution in [0.25, 0.3) is 5.65 Å². The number of carbonyl (C=O) groups excluding carboxylic acids is 1. The van der Waals surface area contributed by atoms with Crippen molar-refractivity contribution in [3.05, 3.63) is 83.0 Å². The summed E-state index contributed by atoms with van der Waals surface area (Å²) in [6, 6.07) is 19.8. The Kier molecular flexibility index (Phi) is 9.30. The molecule has 5 heterocycles. The molecule has 0 spiro atoms. The Bertz CT molecular complexity index is 1770. The average molecular weight is 668 g/mol. The summed E-state index contributed by atoms with van der Waals surface area (Å²) in [5, 5.41) is 19.1. The lowest BCUT2D eigenvalue weighted by atomic mass is 9.73.